The monoisotopic (exact) mass is 355 g/mol. The van der Waals surface area contributed by atoms with Crippen molar-refractivity contribution < 1.29 is 4.42 Å². The van der Waals surface area contributed by atoms with Gasteiger partial charge in [0.25, 0.3) is 0 Å². The molecule has 0 radical (unpaired) electrons. The smallest absolute Gasteiger partial charge is 0.170 e. The molecular formula is C11H7Br2N3O. The van der Waals surface area contributed by atoms with Crippen LogP contribution in [0.2, 0.25) is 0 Å². The van der Waals surface area contributed by atoms with Crippen LogP contribution in [-0.2, 0) is 0 Å². The fourth-order valence-electron chi connectivity index (χ4n) is 1.67. The number of nitrogens with two attached hydrogens (primary N) is 1. The first-order valence-electron chi connectivity index (χ1n) is 4.83. The van der Waals surface area contributed by atoms with E-state index in [0.717, 1.165) is 14.6 Å². The van der Waals surface area contributed by atoms with Crippen LogP contribution in [0, 0.1) is 0 Å². The SMILES string of the molecule is Nc1c(-c2occc2Br)nc2ccc(Br)cn12. The second kappa shape index (κ2) is 3.89. The van der Waals surface area contributed by atoms with Crippen molar-refractivity contribution in [3.63, 3.8) is 0 Å². The average molecular weight is 357 g/mol. The third-order valence-electron chi connectivity index (χ3n) is 2.45. The van der Waals surface area contributed by atoms with E-state index in [0.29, 0.717) is 17.3 Å². The van der Waals surface area contributed by atoms with E-state index in [1.807, 2.05) is 28.8 Å². The summed E-state index contributed by atoms with van der Waals surface area (Å²) in [5.41, 5.74) is 7.49. The highest BCUT2D eigenvalue weighted by atomic mass is 79.9. The molecule has 0 atom stereocenters. The van der Waals surface area contributed by atoms with Gasteiger partial charge in [-0.25, -0.2) is 4.98 Å². The molecule has 0 spiro atoms. The number of hydrogen-bond acceptors (Lipinski definition) is 3. The van der Waals surface area contributed by atoms with Gasteiger partial charge < -0.3 is 10.2 Å². The van der Waals surface area contributed by atoms with Crippen LogP contribution in [0.3, 0.4) is 0 Å². The molecule has 0 bridgehead atoms. The summed E-state index contributed by atoms with van der Waals surface area (Å²) in [5.74, 6) is 1.19. The van der Waals surface area contributed by atoms with Crippen molar-refractivity contribution in [3.8, 4) is 11.5 Å². The molecule has 3 heterocycles. The minimum absolute atomic E-state index is 0.553. The van der Waals surface area contributed by atoms with E-state index < -0.39 is 0 Å². The molecule has 0 saturated carbocycles. The summed E-state index contributed by atoms with van der Waals surface area (Å²) in [5, 5.41) is 0. The third-order valence-corrected chi connectivity index (χ3v) is 3.55. The van der Waals surface area contributed by atoms with Gasteiger partial charge in [0.1, 0.15) is 17.2 Å². The molecule has 3 aromatic heterocycles. The Morgan fingerprint density at radius 2 is 2.06 bits per heavy atom. The van der Waals surface area contributed by atoms with E-state index in [4.69, 9.17) is 10.2 Å². The van der Waals surface area contributed by atoms with Crippen molar-refractivity contribution in [3.05, 3.63) is 39.6 Å². The zero-order valence-electron chi connectivity index (χ0n) is 8.52. The van der Waals surface area contributed by atoms with Crippen molar-refractivity contribution in [2.24, 2.45) is 0 Å². The lowest BCUT2D eigenvalue weighted by Gasteiger charge is -1.97. The summed E-state index contributed by atoms with van der Waals surface area (Å²) in [7, 11) is 0. The summed E-state index contributed by atoms with van der Waals surface area (Å²) in [6, 6.07) is 5.62. The van der Waals surface area contributed by atoms with Crippen molar-refractivity contribution >= 4 is 43.3 Å². The highest BCUT2D eigenvalue weighted by molar-refractivity contribution is 9.10. The van der Waals surface area contributed by atoms with E-state index in [1.54, 1.807) is 6.26 Å². The van der Waals surface area contributed by atoms with Gasteiger partial charge in [0.15, 0.2) is 5.76 Å². The Kier molecular flexibility index (Phi) is 2.48. The normalized spacial score (nSPS) is 11.2. The number of anilines is 1. The fourth-order valence-corrected chi connectivity index (χ4v) is 2.39. The molecule has 0 aliphatic heterocycles. The summed E-state index contributed by atoms with van der Waals surface area (Å²) in [6.45, 7) is 0. The topological polar surface area (TPSA) is 56.5 Å². The van der Waals surface area contributed by atoms with E-state index in [9.17, 15) is 0 Å². The summed E-state index contributed by atoms with van der Waals surface area (Å²) >= 11 is 6.80. The van der Waals surface area contributed by atoms with Crippen LogP contribution in [0.4, 0.5) is 5.82 Å². The summed E-state index contributed by atoms with van der Waals surface area (Å²) in [6.07, 6.45) is 3.47. The third kappa shape index (κ3) is 1.68. The first-order valence-corrected chi connectivity index (χ1v) is 6.42. The van der Waals surface area contributed by atoms with Crippen LogP contribution >= 0.6 is 31.9 Å². The number of aromatic nitrogens is 2. The van der Waals surface area contributed by atoms with Gasteiger partial charge in [-0.3, -0.25) is 4.40 Å². The molecule has 0 amide bonds. The zero-order valence-corrected chi connectivity index (χ0v) is 11.7. The molecule has 0 unspecified atom stereocenters. The fraction of sp³-hybridized carbons (Fsp3) is 0. The molecule has 0 aliphatic carbocycles. The number of nitrogen functional groups attached to an aromatic ring is 1. The standard InChI is InChI=1S/C11H7Br2N3O/c12-6-1-2-8-15-9(11(14)16(8)5-6)10-7(13)3-4-17-10/h1-5H,14H2. The molecule has 86 valence electrons. The number of fused-ring (bicyclic) bond motifs is 1. The number of imidazole rings is 1. The molecule has 6 heteroatoms. The molecule has 0 aliphatic rings. The highest BCUT2D eigenvalue weighted by Gasteiger charge is 2.16. The van der Waals surface area contributed by atoms with E-state index >= 15 is 0 Å². The van der Waals surface area contributed by atoms with Crippen LogP contribution in [0.5, 0.6) is 0 Å². The number of pyridine rings is 1. The number of hydrogen-bond donors (Lipinski definition) is 1. The molecule has 17 heavy (non-hydrogen) atoms. The lowest BCUT2D eigenvalue weighted by atomic mass is 10.3. The number of furan rings is 1. The van der Waals surface area contributed by atoms with Crippen LogP contribution < -0.4 is 5.73 Å². The molecule has 0 fully saturated rings. The van der Waals surface area contributed by atoms with Crippen LogP contribution in [0.15, 0.2) is 44.0 Å². The van der Waals surface area contributed by atoms with Gasteiger partial charge >= 0.3 is 0 Å². The maximum Gasteiger partial charge on any atom is 0.170 e. The van der Waals surface area contributed by atoms with Gasteiger partial charge in [0.2, 0.25) is 0 Å². The van der Waals surface area contributed by atoms with Crippen molar-refractivity contribution in [1.82, 2.24) is 9.38 Å². The Morgan fingerprint density at radius 1 is 1.24 bits per heavy atom. The second-order valence-electron chi connectivity index (χ2n) is 3.52. The molecule has 2 N–H and O–H groups in total. The highest BCUT2D eigenvalue weighted by Crippen LogP contribution is 2.33. The number of halogens is 2. The maximum absolute atomic E-state index is 6.07. The minimum atomic E-state index is 0.553. The minimum Gasteiger partial charge on any atom is -0.461 e. The Labute approximate surface area is 114 Å². The van der Waals surface area contributed by atoms with Crippen molar-refractivity contribution in [1.29, 1.82) is 0 Å². The number of nitrogens with zero attached hydrogens (tertiary/aromatic N) is 2. The Hall–Kier alpha value is -1.27. The zero-order chi connectivity index (χ0) is 12.0. The van der Waals surface area contributed by atoms with Crippen LogP contribution in [0.25, 0.3) is 17.1 Å². The molecular weight excluding hydrogens is 350 g/mol. The van der Waals surface area contributed by atoms with Crippen molar-refractivity contribution in [2.45, 2.75) is 0 Å². The lowest BCUT2D eigenvalue weighted by molar-refractivity contribution is 0.579. The number of rotatable bonds is 1. The first kappa shape index (κ1) is 10.9. The van der Waals surface area contributed by atoms with Crippen LogP contribution in [-0.4, -0.2) is 9.38 Å². The average Bonchev–Trinajstić information content (AvgIpc) is 2.84. The van der Waals surface area contributed by atoms with Gasteiger partial charge in [-0.15, -0.1) is 0 Å². The van der Waals surface area contributed by atoms with Gasteiger partial charge in [0, 0.05) is 10.7 Å². The van der Waals surface area contributed by atoms with Gasteiger partial charge in [-0.1, -0.05) is 0 Å². The second-order valence-corrected chi connectivity index (χ2v) is 5.29. The van der Waals surface area contributed by atoms with E-state index in [2.05, 4.69) is 36.8 Å². The Morgan fingerprint density at radius 3 is 2.76 bits per heavy atom. The Balaban J connectivity index is 2.32. The maximum atomic E-state index is 6.07. The predicted octanol–water partition coefficient (Wildman–Crippen LogP) is 3.70. The molecule has 3 rings (SSSR count). The quantitative estimate of drug-likeness (QED) is 0.723. The largest absolute Gasteiger partial charge is 0.461 e. The summed E-state index contributed by atoms with van der Waals surface area (Å²) < 4.78 is 8.97. The molecule has 3 aromatic rings. The van der Waals surface area contributed by atoms with Gasteiger partial charge in [-0.05, 0) is 50.1 Å². The lowest BCUT2D eigenvalue weighted by Crippen LogP contribution is -1.93. The molecule has 0 saturated heterocycles. The first-order chi connectivity index (χ1) is 8.16. The molecule has 0 aromatic carbocycles. The predicted molar refractivity (Wildman–Crippen MR) is 72.7 cm³/mol. The van der Waals surface area contributed by atoms with Crippen LogP contribution in [0.1, 0.15) is 0 Å². The van der Waals surface area contributed by atoms with Gasteiger partial charge in [-0.2, -0.15) is 0 Å². The van der Waals surface area contributed by atoms with E-state index in [1.165, 1.54) is 0 Å². The van der Waals surface area contributed by atoms with Gasteiger partial charge in [0.05, 0.1) is 10.7 Å². The van der Waals surface area contributed by atoms with Crippen molar-refractivity contribution in [2.75, 3.05) is 5.73 Å². The molecule has 4 nitrogen and oxygen atoms in total. The van der Waals surface area contributed by atoms with E-state index in [-0.39, 0.29) is 0 Å². The summed E-state index contributed by atoms with van der Waals surface area (Å²) in [4.78, 5) is 4.45. The Bertz CT molecular complexity index is 702.